The number of nitrogens with one attached hydrogen (secondary N) is 2. The largest absolute Gasteiger partial charge is 0.497 e. The van der Waals surface area contributed by atoms with Gasteiger partial charge in [0.25, 0.3) is 0 Å². The normalized spacial score (nSPS) is 15.1. The van der Waals surface area contributed by atoms with Gasteiger partial charge in [-0.3, -0.25) is 9.79 Å². The summed E-state index contributed by atoms with van der Waals surface area (Å²) in [6.45, 7) is 11.5. The fraction of sp³-hybridized carbons (Fsp3) is 0.600. The highest BCUT2D eigenvalue weighted by Crippen LogP contribution is 2.22. The number of anilines is 1. The number of hydrogen-bond acceptors (Lipinski definition) is 4. The molecule has 1 heterocycles. The Labute approximate surface area is 162 Å². The minimum atomic E-state index is 0.00639. The van der Waals surface area contributed by atoms with E-state index in [4.69, 9.17) is 4.74 Å². The molecule has 0 atom stereocenters. The van der Waals surface area contributed by atoms with Crippen molar-refractivity contribution in [1.29, 1.82) is 0 Å². The summed E-state index contributed by atoms with van der Waals surface area (Å²) in [4.78, 5) is 21.0. The van der Waals surface area contributed by atoms with Crippen molar-refractivity contribution in [2.24, 2.45) is 10.9 Å². The fourth-order valence-corrected chi connectivity index (χ4v) is 2.95. The van der Waals surface area contributed by atoms with Gasteiger partial charge in [0.2, 0.25) is 5.91 Å². The lowest BCUT2D eigenvalue weighted by Crippen LogP contribution is -2.52. The molecule has 0 radical (unpaired) electrons. The van der Waals surface area contributed by atoms with Gasteiger partial charge in [-0.2, -0.15) is 0 Å². The number of carbonyl (C=O) groups is 1. The molecule has 2 rings (SSSR count). The number of piperazine rings is 1. The highest BCUT2D eigenvalue weighted by molar-refractivity contribution is 5.80. The number of benzene rings is 1. The number of ether oxygens (including phenoxy) is 1. The molecule has 2 N–H and O–H groups in total. The van der Waals surface area contributed by atoms with Gasteiger partial charge >= 0.3 is 0 Å². The van der Waals surface area contributed by atoms with Crippen molar-refractivity contribution in [3.63, 3.8) is 0 Å². The molecule has 7 heteroatoms. The fourth-order valence-electron chi connectivity index (χ4n) is 2.95. The second-order valence-electron chi connectivity index (χ2n) is 6.86. The SMILES string of the molecule is CCNC(=NCCNC(=O)C(C)C)N1CCN(c2cccc(OC)c2)CC1. The molecule has 0 spiro atoms. The molecule has 0 aliphatic carbocycles. The van der Waals surface area contributed by atoms with E-state index < -0.39 is 0 Å². The number of rotatable bonds is 7. The number of amides is 1. The van der Waals surface area contributed by atoms with Gasteiger partial charge < -0.3 is 25.2 Å². The van der Waals surface area contributed by atoms with Gasteiger partial charge in [-0.1, -0.05) is 19.9 Å². The van der Waals surface area contributed by atoms with Crippen molar-refractivity contribution in [2.75, 3.05) is 57.8 Å². The number of hydrogen-bond donors (Lipinski definition) is 2. The van der Waals surface area contributed by atoms with Crippen LogP contribution < -0.4 is 20.3 Å². The summed E-state index contributed by atoms with van der Waals surface area (Å²) in [5, 5.41) is 6.27. The Morgan fingerprint density at radius 1 is 1.22 bits per heavy atom. The zero-order chi connectivity index (χ0) is 19.6. The van der Waals surface area contributed by atoms with Crippen LogP contribution in [0.4, 0.5) is 5.69 Å². The Morgan fingerprint density at radius 2 is 1.96 bits per heavy atom. The van der Waals surface area contributed by atoms with Gasteiger partial charge in [0.15, 0.2) is 5.96 Å². The van der Waals surface area contributed by atoms with Crippen LogP contribution >= 0.6 is 0 Å². The first-order valence-electron chi connectivity index (χ1n) is 9.75. The molecular formula is C20H33N5O2. The molecule has 0 bridgehead atoms. The average molecular weight is 376 g/mol. The number of methoxy groups -OCH3 is 1. The summed E-state index contributed by atoms with van der Waals surface area (Å²) in [6.07, 6.45) is 0. The lowest BCUT2D eigenvalue weighted by molar-refractivity contribution is -0.123. The van der Waals surface area contributed by atoms with E-state index in [0.29, 0.717) is 13.1 Å². The Morgan fingerprint density at radius 3 is 2.59 bits per heavy atom. The molecule has 7 nitrogen and oxygen atoms in total. The lowest BCUT2D eigenvalue weighted by atomic mass is 10.2. The third-order valence-electron chi connectivity index (χ3n) is 4.53. The van der Waals surface area contributed by atoms with E-state index in [-0.39, 0.29) is 11.8 Å². The van der Waals surface area contributed by atoms with E-state index in [9.17, 15) is 4.79 Å². The van der Waals surface area contributed by atoms with Gasteiger partial charge in [-0.15, -0.1) is 0 Å². The van der Waals surface area contributed by atoms with Gasteiger partial charge in [0.05, 0.1) is 13.7 Å². The molecule has 1 aliphatic heterocycles. The van der Waals surface area contributed by atoms with Crippen LogP contribution in [0.15, 0.2) is 29.3 Å². The molecule has 1 aliphatic rings. The van der Waals surface area contributed by atoms with Crippen molar-refractivity contribution in [1.82, 2.24) is 15.5 Å². The quantitative estimate of drug-likeness (QED) is 0.430. The average Bonchev–Trinajstić information content (AvgIpc) is 2.70. The summed E-state index contributed by atoms with van der Waals surface area (Å²) in [5.74, 6) is 1.88. The van der Waals surface area contributed by atoms with E-state index in [1.165, 1.54) is 5.69 Å². The maximum absolute atomic E-state index is 11.6. The van der Waals surface area contributed by atoms with Crippen molar-refractivity contribution < 1.29 is 9.53 Å². The summed E-state index contributed by atoms with van der Waals surface area (Å²) in [5.41, 5.74) is 1.19. The first-order valence-corrected chi connectivity index (χ1v) is 9.75. The summed E-state index contributed by atoms with van der Waals surface area (Å²) >= 11 is 0. The third kappa shape index (κ3) is 6.34. The Kier molecular flexibility index (Phi) is 8.23. The van der Waals surface area contributed by atoms with E-state index in [0.717, 1.165) is 44.4 Å². The topological polar surface area (TPSA) is 69.2 Å². The molecule has 1 saturated heterocycles. The molecule has 1 aromatic rings. The van der Waals surface area contributed by atoms with Crippen molar-refractivity contribution in [3.8, 4) is 5.75 Å². The zero-order valence-corrected chi connectivity index (χ0v) is 17.0. The highest BCUT2D eigenvalue weighted by atomic mass is 16.5. The van der Waals surface area contributed by atoms with Crippen molar-refractivity contribution in [2.45, 2.75) is 20.8 Å². The maximum atomic E-state index is 11.6. The van der Waals surface area contributed by atoms with Crippen LogP contribution in [0, 0.1) is 5.92 Å². The summed E-state index contributed by atoms with van der Waals surface area (Å²) in [7, 11) is 1.69. The summed E-state index contributed by atoms with van der Waals surface area (Å²) in [6, 6.07) is 8.19. The highest BCUT2D eigenvalue weighted by Gasteiger charge is 2.20. The number of aliphatic imine (C=N–C) groups is 1. The number of carbonyl (C=O) groups excluding carboxylic acids is 1. The predicted octanol–water partition coefficient (Wildman–Crippen LogP) is 1.55. The van der Waals surface area contributed by atoms with Gasteiger partial charge in [0.1, 0.15) is 5.75 Å². The Bertz CT molecular complexity index is 625. The summed E-state index contributed by atoms with van der Waals surface area (Å²) < 4.78 is 5.33. The van der Waals surface area contributed by atoms with Crippen LogP contribution in [0.1, 0.15) is 20.8 Å². The van der Waals surface area contributed by atoms with E-state index >= 15 is 0 Å². The van der Waals surface area contributed by atoms with Gasteiger partial charge in [0, 0.05) is 56.9 Å². The smallest absolute Gasteiger partial charge is 0.222 e. The Hall–Kier alpha value is -2.44. The van der Waals surface area contributed by atoms with Gasteiger partial charge in [-0.25, -0.2) is 0 Å². The van der Waals surface area contributed by atoms with E-state index in [2.05, 4.69) is 44.5 Å². The molecule has 1 fully saturated rings. The second-order valence-corrected chi connectivity index (χ2v) is 6.86. The van der Waals surface area contributed by atoms with Crippen molar-refractivity contribution in [3.05, 3.63) is 24.3 Å². The van der Waals surface area contributed by atoms with Crippen molar-refractivity contribution >= 4 is 17.6 Å². The standard InChI is InChI=1S/C20H33N5O2/c1-5-21-20(23-10-9-22-19(26)16(2)3)25-13-11-24(12-14-25)17-7-6-8-18(15-17)27-4/h6-8,15-16H,5,9-14H2,1-4H3,(H,21,23)(H,22,26). The van der Waals surface area contributed by atoms with Crippen LogP contribution in [-0.2, 0) is 4.79 Å². The van der Waals surface area contributed by atoms with Crippen LogP contribution in [0.3, 0.4) is 0 Å². The monoisotopic (exact) mass is 375 g/mol. The first kappa shape index (κ1) is 20.9. The molecule has 1 aromatic carbocycles. The zero-order valence-electron chi connectivity index (χ0n) is 17.0. The molecule has 27 heavy (non-hydrogen) atoms. The van der Waals surface area contributed by atoms with Crippen LogP contribution in [0.25, 0.3) is 0 Å². The molecule has 0 saturated carbocycles. The number of nitrogens with zero attached hydrogens (tertiary/aromatic N) is 3. The lowest BCUT2D eigenvalue weighted by Gasteiger charge is -2.37. The molecule has 0 aromatic heterocycles. The molecule has 150 valence electrons. The first-order chi connectivity index (χ1) is 13.0. The van der Waals surface area contributed by atoms with Crippen LogP contribution in [0.5, 0.6) is 5.75 Å². The number of guanidine groups is 1. The van der Waals surface area contributed by atoms with E-state index in [1.807, 2.05) is 26.0 Å². The van der Waals surface area contributed by atoms with Crippen LogP contribution in [-0.4, -0.2) is 69.7 Å². The molecule has 0 unspecified atom stereocenters. The molecular weight excluding hydrogens is 342 g/mol. The van der Waals surface area contributed by atoms with Gasteiger partial charge in [-0.05, 0) is 19.1 Å². The Balaban J connectivity index is 1.88. The minimum absolute atomic E-state index is 0.00639. The maximum Gasteiger partial charge on any atom is 0.222 e. The van der Waals surface area contributed by atoms with E-state index in [1.54, 1.807) is 7.11 Å². The minimum Gasteiger partial charge on any atom is -0.497 e. The predicted molar refractivity (Wildman–Crippen MR) is 111 cm³/mol. The van der Waals surface area contributed by atoms with Crippen LogP contribution in [0.2, 0.25) is 0 Å². The molecule has 1 amide bonds. The second kappa shape index (κ2) is 10.6. The third-order valence-corrected chi connectivity index (χ3v) is 4.53.